The molecule has 3 nitrogen and oxygen atoms in total. The van der Waals surface area contributed by atoms with Crippen LogP contribution in [0.15, 0.2) is 48.5 Å². The first kappa shape index (κ1) is 12.5. The van der Waals surface area contributed by atoms with Gasteiger partial charge in [0.15, 0.2) is 0 Å². The van der Waals surface area contributed by atoms with Crippen LogP contribution in [0.1, 0.15) is 5.69 Å². The average molecular weight is 281 g/mol. The van der Waals surface area contributed by atoms with Gasteiger partial charge in [0.05, 0.1) is 10.5 Å². The Bertz CT molecular complexity index is 853. The Hall–Kier alpha value is -2.57. The van der Waals surface area contributed by atoms with E-state index in [4.69, 9.17) is 11.6 Å². The van der Waals surface area contributed by atoms with Crippen molar-refractivity contribution in [1.82, 2.24) is 4.98 Å². The van der Waals surface area contributed by atoms with E-state index in [0.717, 1.165) is 10.9 Å². The number of phenols is 1. The maximum Gasteiger partial charge on any atom is 0.149 e. The second-order valence-electron chi connectivity index (χ2n) is 4.36. The number of rotatable bonds is 1. The number of nitriles is 1. The Morgan fingerprint density at radius 1 is 1.10 bits per heavy atom. The van der Waals surface area contributed by atoms with E-state index >= 15 is 0 Å². The number of nitrogens with zero attached hydrogens (tertiary/aromatic N) is 2. The molecule has 0 bridgehead atoms. The van der Waals surface area contributed by atoms with Gasteiger partial charge in [-0.05, 0) is 29.8 Å². The summed E-state index contributed by atoms with van der Waals surface area (Å²) in [4.78, 5) is 4.35. The Kier molecular flexibility index (Phi) is 3.02. The zero-order valence-corrected chi connectivity index (χ0v) is 11.1. The Morgan fingerprint density at radius 3 is 2.65 bits per heavy atom. The number of hydrogen-bond acceptors (Lipinski definition) is 3. The van der Waals surface area contributed by atoms with E-state index in [9.17, 15) is 10.4 Å². The van der Waals surface area contributed by atoms with Gasteiger partial charge in [-0.2, -0.15) is 5.26 Å². The number of para-hydroxylation sites is 1. The normalized spacial score (nSPS) is 10.4. The summed E-state index contributed by atoms with van der Waals surface area (Å²) in [7, 11) is 0. The molecule has 0 spiro atoms. The minimum atomic E-state index is -0.0128. The Morgan fingerprint density at radius 2 is 1.90 bits per heavy atom. The Balaban J connectivity index is 2.29. The number of benzene rings is 2. The maximum atomic E-state index is 9.70. The molecule has 0 saturated heterocycles. The first-order chi connectivity index (χ1) is 9.69. The Labute approximate surface area is 120 Å². The van der Waals surface area contributed by atoms with E-state index in [2.05, 4.69) is 11.1 Å². The number of phenolic OH excluding ortho intramolecular Hbond substituents is 1. The lowest BCUT2D eigenvalue weighted by molar-refractivity contribution is 0.476. The highest BCUT2D eigenvalue weighted by Gasteiger charge is 2.10. The molecule has 2 aromatic carbocycles. The largest absolute Gasteiger partial charge is 0.506 e. The highest BCUT2D eigenvalue weighted by atomic mass is 35.5. The monoisotopic (exact) mass is 280 g/mol. The summed E-state index contributed by atoms with van der Waals surface area (Å²) < 4.78 is 0. The van der Waals surface area contributed by atoms with Crippen LogP contribution in [0, 0.1) is 11.3 Å². The van der Waals surface area contributed by atoms with Crippen LogP contribution < -0.4 is 0 Å². The topological polar surface area (TPSA) is 56.9 Å². The van der Waals surface area contributed by atoms with Crippen LogP contribution in [0.5, 0.6) is 5.75 Å². The zero-order chi connectivity index (χ0) is 14.1. The summed E-state index contributed by atoms with van der Waals surface area (Å²) in [5.41, 5.74) is 2.48. The molecule has 0 aliphatic rings. The van der Waals surface area contributed by atoms with Gasteiger partial charge < -0.3 is 5.11 Å². The van der Waals surface area contributed by atoms with E-state index in [1.165, 1.54) is 6.07 Å². The van der Waals surface area contributed by atoms with E-state index in [1.807, 2.05) is 30.3 Å². The number of aromatic hydroxyl groups is 1. The average Bonchev–Trinajstić information content (AvgIpc) is 2.48. The molecular weight excluding hydrogens is 272 g/mol. The van der Waals surface area contributed by atoms with E-state index in [1.54, 1.807) is 12.1 Å². The van der Waals surface area contributed by atoms with E-state index in [-0.39, 0.29) is 10.8 Å². The van der Waals surface area contributed by atoms with Crippen LogP contribution >= 0.6 is 11.6 Å². The van der Waals surface area contributed by atoms with Crippen LogP contribution in [-0.2, 0) is 0 Å². The predicted octanol–water partition coefficient (Wildman–Crippen LogP) is 4.13. The van der Waals surface area contributed by atoms with Gasteiger partial charge in [0.1, 0.15) is 17.5 Å². The molecule has 0 saturated carbocycles. The van der Waals surface area contributed by atoms with Gasteiger partial charge in [-0.3, -0.25) is 0 Å². The lowest BCUT2D eigenvalue weighted by atomic mass is 10.0. The fraction of sp³-hybridized carbons (Fsp3) is 0. The molecule has 3 rings (SSSR count). The number of aromatic nitrogens is 1. The molecule has 0 unspecified atom stereocenters. The van der Waals surface area contributed by atoms with Crippen molar-refractivity contribution in [3.05, 3.63) is 59.2 Å². The second kappa shape index (κ2) is 4.84. The molecule has 1 aromatic heterocycles. The molecule has 0 fully saturated rings. The molecular formula is C16H9ClN2O. The van der Waals surface area contributed by atoms with Crippen LogP contribution in [0.4, 0.5) is 0 Å². The lowest BCUT2D eigenvalue weighted by Gasteiger charge is -2.07. The minimum absolute atomic E-state index is 0.0128. The van der Waals surface area contributed by atoms with Crippen LogP contribution in [0.3, 0.4) is 0 Å². The molecule has 3 aromatic rings. The standard InChI is InChI=1S/C16H9ClN2O/c17-13-6-5-10(8-16(13)20)12-7-11-3-1-2-4-14(11)19-15(12)9-18/h1-8,20H. The summed E-state index contributed by atoms with van der Waals surface area (Å²) in [6.45, 7) is 0. The van der Waals surface area contributed by atoms with Crippen LogP contribution in [-0.4, -0.2) is 10.1 Å². The number of pyridine rings is 1. The van der Waals surface area contributed by atoms with Crippen molar-refractivity contribution in [2.75, 3.05) is 0 Å². The molecule has 0 radical (unpaired) electrons. The molecule has 1 heterocycles. The summed E-state index contributed by atoms with van der Waals surface area (Å²) in [5, 5.41) is 20.2. The summed E-state index contributed by atoms with van der Waals surface area (Å²) in [5.74, 6) is -0.0128. The molecule has 96 valence electrons. The number of fused-ring (bicyclic) bond motifs is 1. The fourth-order valence-corrected chi connectivity index (χ4v) is 2.22. The highest BCUT2D eigenvalue weighted by molar-refractivity contribution is 6.32. The molecule has 0 amide bonds. The smallest absolute Gasteiger partial charge is 0.149 e. The minimum Gasteiger partial charge on any atom is -0.506 e. The van der Waals surface area contributed by atoms with Gasteiger partial charge in [0, 0.05) is 10.9 Å². The zero-order valence-electron chi connectivity index (χ0n) is 10.3. The number of hydrogen-bond donors (Lipinski definition) is 1. The quantitative estimate of drug-likeness (QED) is 0.729. The van der Waals surface area contributed by atoms with Gasteiger partial charge in [-0.25, -0.2) is 4.98 Å². The third-order valence-electron chi connectivity index (χ3n) is 3.09. The predicted molar refractivity (Wildman–Crippen MR) is 78.6 cm³/mol. The summed E-state index contributed by atoms with van der Waals surface area (Å²) in [6.07, 6.45) is 0. The third-order valence-corrected chi connectivity index (χ3v) is 3.41. The molecule has 4 heteroatoms. The van der Waals surface area contributed by atoms with Crippen molar-refractivity contribution in [3.8, 4) is 22.9 Å². The molecule has 1 N–H and O–H groups in total. The van der Waals surface area contributed by atoms with Crippen molar-refractivity contribution in [2.24, 2.45) is 0 Å². The lowest BCUT2D eigenvalue weighted by Crippen LogP contribution is -1.90. The fourth-order valence-electron chi connectivity index (χ4n) is 2.10. The molecule has 20 heavy (non-hydrogen) atoms. The maximum absolute atomic E-state index is 9.70. The van der Waals surface area contributed by atoms with Crippen molar-refractivity contribution < 1.29 is 5.11 Å². The first-order valence-corrected chi connectivity index (χ1v) is 6.35. The highest BCUT2D eigenvalue weighted by Crippen LogP contribution is 2.32. The number of halogens is 1. The van der Waals surface area contributed by atoms with E-state index in [0.29, 0.717) is 16.8 Å². The SMILES string of the molecule is N#Cc1nc2ccccc2cc1-c1ccc(Cl)c(O)c1. The van der Waals surface area contributed by atoms with Gasteiger partial charge in [-0.1, -0.05) is 35.9 Å². The first-order valence-electron chi connectivity index (χ1n) is 5.98. The third kappa shape index (κ3) is 2.07. The van der Waals surface area contributed by atoms with Gasteiger partial charge in [0.25, 0.3) is 0 Å². The van der Waals surface area contributed by atoms with Crippen LogP contribution in [0.2, 0.25) is 5.02 Å². The summed E-state index contributed by atoms with van der Waals surface area (Å²) in [6, 6.07) is 16.5. The van der Waals surface area contributed by atoms with Crippen molar-refractivity contribution in [1.29, 1.82) is 5.26 Å². The van der Waals surface area contributed by atoms with Crippen molar-refractivity contribution in [3.63, 3.8) is 0 Å². The van der Waals surface area contributed by atoms with E-state index < -0.39 is 0 Å². The summed E-state index contributed by atoms with van der Waals surface area (Å²) >= 11 is 5.81. The van der Waals surface area contributed by atoms with Gasteiger partial charge in [-0.15, -0.1) is 0 Å². The second-order valence-corrected chi connectivity index (χ2v) is 4.76. The van der Waals surface area contributed by atoms with Crippen molar-refractivity contribution >= 4 is 22.5 Å². The molecule has 0 atom stereocenters. The molecule has 0 aliphatic carbocycles. The van der Waals surface area contributed by atoms with Gasteiger partial charge in [0.2, 0.25) is 0 Å². The van der Waals surface area contributed by atoms with Crippen molar-refractivity contribution in [2.45, 2.75) is 0 Å². The van der Waals surface area contributed by atoms with Gasteiger partial charge >= 0.3 is 0 Å². The van der Waals surface area contributed by atoms with Crippen LogP contribution in [0.25, 0.3) is 22.0 Å². The molecule has 0 aliphatic heterocycles.